The van der Waals surface area contributed by atoms with Gasteiger partial charge in [0, 0.05) is 23.1 Å². The van der Waals surface area contributed by atoms with Gasteiger partial charge in [-0.15, -0.1) is 11.3 Å². The number of benzene rings is 2. The maximum absolute atomic E-state index is 11.2. The number of nitro groups is 1. The molecule has 0 aliphatic carbocycles. The van der Waals surface area contributed by atoms with Crippen LogP contribution in [0.15, 0.2) is 48.1 Å². The summed E-state index contributed by atoms with van der Waals surface area (Å²) in [5.74, 6) is 1.07. The van der Waals surface area contributed by atoms with Crippen molar-refractivity contribution in [1.82, 2.24) is 9.97 Å². The van der Waals surface area contributed by atoms with Crippen molar-refractivity contribution in [3.05, 3.63) is 69.3 Å². The van der Waals surface area contributed by atoms with Crippen molar-refractivity contribution in [3.8, 4) is 16.9 Å². The van der Waals surface area contributed by atoms with Crippen LogP contribution in [0.5, 0.6) is 5.75 Å². The number of ether oxygens (including phenoxy) is 1. The largest absolute Gasteiger partial charge is 0.495 e. The molecule has 0 bridgehead atoms. The molecular weight excluding hydrogens is 388 g/mol. The number of fused-ring (bicyclic) bond motifs is 1. The van der Waals surface area contributed by atoms with Gasteiger partial charge in [-0.1, -0.05) is 23.8 Å². The first-order valence-corrected chi connectivity index (χ1v) is 9.75. The highest BCUT2D eigenvalue weighted by Crippen LogP contribution is 2.40. The topological polar surface area (TPSA) is 90.2 Å². The number of non-ortho nitro benzene ring substituents is 1. The van der Waals surface area contributed by atoms with Crippen molar-refractivity contribution < 1.29 is 9.66 Å². The molecule has 7 nitrogen and oxygen atoms in total. The van der Waals surface area contributed by atoms with E-state index in [0.29, 0.717) is 17.3 Å². The molecule has 29 heavy (non-hydrogen) atoms. The Bertz CT molecular complexity index is 1240. The normalized spacial score (nSPS) is 10.9. The lowest BCUT2D eigenvalue weighted by Gasteiger charge is -2.12. The van der Waals surface area contributed by atoms with Crippen molar-refractivity contribution >= 4 is 38.7 Å². The Morgan fingerprint density at radius 3 is 2.66 bits per heavy atom. The van der Waals surface area contributed by atoms with Crippen LogP contribution >= 0.6 is 11.3 Å². The molecule has 2 aromatic heterocycles. The Balaban J connectivity index is 1.87. The molecule has 8 heteroatoms. The number of rotatable bonds is 5. The van der Waals surface area contributed by atoms with Crippen LogP contribution in [0.25, 0.3) is 21.3 Å². The van der Waals surface area contributed by atoms with E-state index in [1.165, 1.54) is 42.5 Å². The third-order valence-electron chi connectivity index (χ3n) is 4.69. The van der Waals surface area contributed by atoms with Crippen LogP contribution in [-0.2, 0) is 0 Å². The number of nitrogens with zero attached hydrogens (tertiary/aromatic N) is 3. The van der Waals surface area contributed by atoms with E-state index < -0.39 is 4.92 Å². The number of hydrogen-bond donors (Lipinski definition) is 1. The molecule has 4 aromatic rings. The van der Waals surface area contributed by atoms with Gasteiger partial charge in [0.25, 0.3) is 5.69 Å². The smallest absolute Gasteiger partial charge is 0.271 e. The van der Waals surface area contributed by atoms with Crippen molar-refractivity contribution in [2.45, 2.75) is 13.8 Å². The molecule has 0 fully saturated rings. The summed E-state index contributed by atoms with van der Waals surface area (Å²) in [6.07, 6.45) is 1.48. The molecule has 0 aliphatic rings. The summed E-state index contributed by atoms with van der Waals surface area (Å²) in [6, 6.07) is 10.7. The minimum absolute atomic E-state index is 0.0291. The molecule has 2 aromatic carbocycles. The fourth-order valence-electron chi connectivity index (χ4n) is 3.32. The lowest BCUT2D eigenvalue weighted by atomic mass is 9.99. The summed E-state index contributed by atoms with van der Waals surface area (Å²) >= 11 is 1.53. The average molecular weight is 406 g/mol. The Morgan fingerprint density at radius 1 is 1.10 bits per heavy atom. The van der Waals surface area contributed by atoms with Crippen molar-refractivity contribution in [2.75, 3.05) is 12.4 Å². The molecule has 146 valence electrons. The SMILES string of the molecule is COc1ccc([N+](=O)[O-])cc1Nc1ncnc2scc(-c3ccc(C)cc3C)c12. The molecule has 0 aliphatic heterocycles. The molecule has 1 N–H and O–H groups in total. The van der Waals surface area contributed by atoms with E-state index in [0.717, 1.165) is 26.9 Å². The third kappa shape index (κ3) is 3.50. The summed E-state index contributed by atoms with van der Waals surface area (Å²) in [5, 5.41) is 17.3. The van der Waals surface area contributed by atoms with E-state index in [9.17, 15) is 10.1 Å². The first-order chi connectivity index (χ1) is 14.0. The van der Waals surface area contributed by atoms with Gasteiger partial charge in [0.15, 0.2) is 0 Å². The summed E-state index contributed by atoms with van der Waals surface area (Å²) in [5.41, 5.74) is 4.92. The van der Waals surface area contributed by atoms with Crippen LogP contribution in [0.1, 0.15) is 11.1 Å². The van der Waals surface area contributed by atoms with Crippen LogP contribution in [0.4, 0.5) is 17.2 Å². The number of aromatic nitrogens is 2. The van der Waals surface area contributed by atoms with Crippen LogP contribution in [0.2, 0.25) is 0 Å². The number of thiophene rings is 1. The van der Waals surface area contributed by atoms with Gasteiger partial charge in [0.2, 0.25) is 0 Å². The molecule has 0 spiro atoms. The second-order valence-electron chi connectivity index (χ2n) is 6.64. The van der Waals surface area contributed by atoms with Crippen LogP contribution in [0.3, 0.4) is 0 Å². The maximum atomic E-state index is 11.2. The fourth-order valence-corrected chi connectivity index (χ4v) is 4.23. The number of anilines is 2. The quantitative estimate of drug-likeness (QED) is 0.341. The zero-order valence-electron chi connectivity index (χ0n) is 16.1. The Morgan fingerprint density at radius 2 is 1.93 bits per heavy atom. The first-order valence-electron chi connectivity index (χ1n) is 8.87. The molecule has 0 unspecified atom stereocenters. The van der Waals surface area contributed by atoms with Gasteiger partial charge in [-0.3, -0.25) is 10.1 Å². The monoisotopic (exact) mass is 406 g/mol. The first kappa shape index (κ1) is 18.8. The molecule has 0 atom stereocenters. The molecule has 0 radical (unpaired) electrons. The highest BCUT2D eigenvalue weighted by Gasteiger charge is 2.17. The third-order valence-corrected chi connectivity index (χ3v) is 5.58. The molecule has 0 saturated heterocycles. The minimum atomic E-state index is -0.439. The highest BCUT2D eigenvalue weighted by atomic mass is 32.1. The molecule has 4 rings (SSSR count). The Kier molecular flexibility index (Phi) is 4.85. The summed E-state index contributed by atoms with van der Waals surface area (Å²) in [6.45, 7) is 4.14. The Labute approximate surface area is 171 Å². The highest BCUT2D eigenvalue weighted by molar-refractivity contribution is 7.17. The van der Waals surface area contributed by atoms with Crippen LogP contribution in [-0.4, -0.2) is 22.0 Å². The number of methoxy groups -OCH3 is 1. The van der Waals surface area contributed by atoms with Crippen molar-refractivity contribution in [2.24, 2.45) is 0 Å². The number of hydrogen-bond acceptors (Lipinski definition) is 7. The van der Waals surface area contributed by atoms with Gasteiger partial charge < -0.3 is 10.1 Å². The van der Waals surface area contributed by atoms with Gasteiger partial charge in [0.1, 0.15) is 22.7 Å². The standard InChI is InChI=1S/C21H18N4O3S/c1-12-4-6-15(13(2)8-12)16-10-29-21-19(16)20(22-11-23-21)24-17-9-14(25(26)27)5-7-18(17)28-3/h4-11H,1-3H3,(H,22,23,24). The van der Waals surface area contributed by atoms with Crippen molar-refractivity contribution in [1.29, 1.82) is 0 Å². The molecular formula is C21H18N4O3S. The Hall–Kier alpha value is -3.52. The van der Waals surface area contributed by atoms with Gasteiger partial charge in [-0.2, -0.15) is 0 Å². The van der Waals surface area contributed by atoms with E-state index in [4.69, 9.17) is 4.74 Å². The van der Waals surface area contributed by atoms with Gasteiger partial charge >= 0.3 is 0 Å². The molecule has 0 saturated carbocycles. The molecule has 2 heterocycles. The van der Waals surface area contributed by atoms with E-state index in [1.807, 2.05) is 0 Å². The predicted molar refractivity (Wildman–Crippen MR) is 115 cm³/mol. The van der Waals surface area contributed by atoms with Crippen LogP contribution in [0, 0.1) is 24.0 Å². The van der Waals surface area contributed by atoms with Gasteiger partial charge in [-0.25, -0.2) is 9.97 Å². The van der Waals surface area contributed by atoms with E-state index in [1.54, 1.807) is 6.07 Å². The second-order valence-corrected chi connectivity index (χ2v) is 7.49. The summed E-state index contributed by atoms with van der Waals surface area (Å²) in [4.78, 5) is 20.4. The zero-order chi connectivity index (χ0) is 20.5. The van der Waals surface area contributed by atoms with Crippen LogP contribution < -0.4 is 10.1 Å². The zero-order valence-corrected chi connectivity index (χ0v) is 16.9. The number of nitrogens with one attached hydrogen (secondary N) is 1. The minimum Gasteiger partial charge on any atom is -0.495 e. The van der Waals surface area contributed by atoms with E-state index >= 15 is 0 Å². The summed E-state index contributed by atoms with van der Waals surface area (Å²) < 4.78 is 5.37. The van der Waals surface area contributed by atoms with Crippen molar-refractivity contribution in [3.63, 3.8) is 0 Å². The van der Waals surface area contributed by atoms with E-state index in [-0.39, 0.29) is 5.69 Å². The molecule has 0 amide bonds. The predicted octanol–water partition coefficient (Wildman–Crippen LogP) is 5.64. The second kappa shape index (κ2) is 7.48. The fraction of sp³-hybridized carbons (Fsp3) is 0.143. The summed E-state index contributed by atoms with van der Waals surface area (Å²) in [7, 11) is 1.52. The van der Waals surface area contributed by atoms with E-state index in [2.05, 4.69) is 52.7 Å². The number of nitro benzene ring substituents is 1. The van der Waals surface area contributed by atoms with Gasteiger partial charge in [0.05, 0.1) is 23.1 Å². The maximum Gasteiger partial charge on any atom is 0.271 e. The lowest BCUT2D eigenvalue weighted by Crippen LogP contribution is -1.99. The van der Waals surface area contributed by atoms with Gasteiger partial charge in [-0.05, 0) is 31.0 Å². The average Bonchev–Trinajstić information content (AvgIpc) is 3.13. The number of aryl methyl sites for hydroxylation is 2. The lowest BCUT2D eigenvalue weighted by molar-refractivity contribution is -0.384.